The van der Waals surface area contributed by atoms with Gasteiger partial charge in [-0.3, -0.25) is 4.90 Å². The number of hydrogen-bond donors (Lipinski definition) is 1. The van der Waals surface area contributed by atoms with Gasteiger partial charge in [0.1, 0.15) is 11.4 Å². The van der Waals surface area contributed by atoms with Crippen molar-refractivity contribution in [3.63, 3.8) is 0 Å². The molecule has 0 saturated heterocycles. The number of aromatic nitrogens is 2. The molecule has 0 radical (unpaired) electrons. The van der Waals surface area contributed by atoms with Gasteiger partial charge in [-0.05, 0) is 68.3 Å². The molecule has 1 aliphatic heterocycles. The molecule has 10 heteroatoms. The maximum absolute atomic E-state index is 13.5. The van der Waals surface area contributed by atoms with Gasteiger partial charge < -0.3 is 9.84 Å². The van der Waals surface area contributed by atoms with Gasteiger partial charge >= 0.3 is 12.1 Å². The van der Waals surface area contributed by atoms with E-state index in [9.17, 15) is 19.1 Å². The van der Waals surface area contributed by atoms with Crippen molar-refractivity contribution in [2.24, 2.45) is 0 Å². The van der Waals surface area contributed by atoms with Crippen molar-refractivity contribution >= 4 is 46.9 Å². The Morgan fingerprint density at radius 2 is 1.80 bits per heavy atom. The van der Waals surface area contributed by atoms with Crippen LogP contribution in [0.1, 0.15) is 48.1 Å². The van der Waals surface area contributed by atoms with Crippen LogP contribution in [0.25, 0.3) is 17.3 Å². The van der Waals surface area contributed by atoms with E-state index in [1.807, 2.05) is 0 Å². The van der Waals surface area contributed by atoms with Gasteiger partial charge in [0.2, 0.25) is 0 Å². The van der Waals surface area contributed by atoms with E-state index in [0.29, 0.717) is 33.1 Å². The first kappa shape index (κ1) is 24.8. The number of halogens is 3. The minimum Gasteiger partial charge on any atom is -0.476 e. The fourth-order valence-electron chi connectivity index (χ4n) is 3.79. The van der Waals surface area contributed by atoms with Crippen LogP contribution in [0.5, 0.6) is 0 Å². The summed E-state index contributed by atoms with van der Waals surface area (Å²) in [6.07, 6.45) is 1.16. The number of carbonyl (C=O) groups excluding carboxylic acids is 1. The second-order valence-corrected chi connectivity index (χ2v) is 9.89. The Hall–Kier alpha value is -3.36. The van der Waals surface area contributed by atoms with Crippen molar-refractivity contribution in [1.82, 2.24) is 14.7 Å². The molecule has 1 N–H and O–H groups in total. The summed E-state index contributed by atoms with van der Waals surface area (Å²) in [7, 11) is 0. The van der Waals surface area contributed by atoms with Gasteiger partial charge in [-0.2, -0.15) is 5.10 Å². The monoisotopic (exact) mass is 517 g/mol. The number of carbonyl (C=O) groups is 2. The number of ether oxygens (including phenoxy) is 1. The SMILES string of the molecule is CC(C)(C)OC(=O)N1C/C(=C\c2ccc(F)cc2)c2c(c(C(=O)O)nn2-c2ccc(Cl)cc2Cl)C1. The van der Waals surface area contributed by atoms with Gasteiger partial charge in [0, 0.05) is 10.6 Å². The lowest BCUT2D eigenvalue weighted by molar-refractivity contribution is 0.0253. The van der Waals surface area contributed by atoms with Crippen LogP contribution in [-0.2, 0) is 11.3 Å². The second kappa shape index (κ2) is 9.36. The lowest BCUT2D eigenvalue weighted by Crippen LogP contribution is -2.40. The third-order valence-electron chi connectivity index (χ3n) is 5.20. The maximum Gasteiger partial charge on any atom is 0.410 e. The van der Waals surface area contributed by atoms with E-state index in [2.05, 4.69) is 5.10 Å². The van der Waals surface area contributed by atoms with Crippen molar-refractivity contribution in [3.8, 4) is 5.69 Å². The smallest absolute Gasteiger partial charge is 0.410 e. The molecular weight excluding hydrogens is 496 g/mol. The van der Waals surface area contributed by atoms with E-state index >= 15 is 0 Å². The Morgan fingerprint density at radius 1 is 1.11 bits per heavy atom. The Balaban J connectivity index is 1.93. The summed E-state index contributed by atoms with van der Waals surface area (Å²) >= 11 is 12.5. The van der Waals surface area contributed by atoms with Crippen molar-refractivity contribution in [2.45, 2.75) is 32.9 Å². The number of carboxylic acid groups (broad SMARTS) is 1. The predicted octanol–water partition coefficient (Wildman–Crippen LogP) is 6.31. The zero-order chi connectivity index (χ0) is 25.5. The average molecular weight is 518 g/mol. The van der Waals surface area contributed by atoms with Crippen LogP contribution < -0.4 is 0 Å². The molecule has 0 unspecified atom stereocenters. The minimum absolute atomic E-state index is 0.0299. The summed E-state index contributed by atoms with van der Waals surface area (Å²) < 4.78 is 20.5. The molecule has 4 rings (SSSR count). The second-order valence-electron chi connectivity index (χ2n) is 9.05. The molecule has 3 aromatic rings. The summed E-state index contributed by atoms with van der Waals surface area (Å²) in [5.74, 6) is -1.64. The van der Waals surface area contributed by atoms with Crippen LogP contribution in [0.15, 0.2) is 42.5 Å². The first-order valence-corrected chi connectivity index (χ1v) is 11.4. The van der Waals surface area contributed by atoms with E-state index in [4.69, 9.17) is 27.9 Å². The fraction of sp³-hybridized carbons (Fsp3) is 0.240. The highest BCUT2D eigenvalue weighted by molar-refractivity contribution is 6.35. The standard InChI is InChI=1S/C25H22Cl2FN3O4/c1-25(2,3)35-24(34)30-12-15(10-14-4-7-17(28)8-5-14)22-18(13-30)21(23(32)33)29-31(22)20-9-6-16(26)11-19(20)27/h4-11H,12-13H2,1-3H3,(H,32,33)/b15-10+. The van der Waals surface area contributed by atoms with Crippen LogP contribution in [0.2, 0.25) is 10.0 Å². The summed E-state index contributed by atoms with van der Waals surface area (Å²) in [6.45, 7) is 5.32. The third-order valence-corrected chi connectivity index (χ3v) is 5.74. The van der Waals surface area contributed by atoms with Gasteiger partial charge in [-0.15, -0.1) is 0 Å². The quantitative estimate of drug-likeness (QED) is 0.440. The number of fused-ring (bicyclic) bond motifs is 1. The lowest BCUT2D eigenvalue weighted by atomic mass is 9.98. The molecule has 0 fully saturated rings. The number of aromatic carboxylic acids is 1. The molecule has 0 aliphatic carbocycles. The van der Waals surface area contributed by atoms with Gasteiger partial charge in [0.05, 0.1) is 29.5 Å². The molecule has 1 aliphatic rings. The Bertz CT molecular complexity index is 1340. The Kier molecular flexibility index (Phi) is 6.62. The largest absolute Gasteiger partial charge is 0.476 e. The number of amides is 1. The molecule has 0 spiro atoms. The topological polar surface area (TPSA) is 84.7 Å². The molecule has 7 nitrogen and oxygen atoms in total. The van der Waals surface area contributed by atoms with Gasteiger partial charge in [-0.25, -0.2) is 18.7 Å². The van der Waals surface area contributed by atoms with E-state index in [-0.39, 0.29) is 23.8 Å². The van der Waals surface area contributed by atoms with E-state index in [1.54, 1.807) is 51.1 Å². The zero-order valence-corrected chi connectivity index (χ0v) is 20.7. The van der Waals surface area contributed by atoms with Gasteiger partial charge in [-0.1, -0.05) is 35.3 Å². The van der Waals surface area contributed by atoms with Crippen LogP contribution >= 0.6 is 23.2 Å². The summed E-state index contributed by atoms with van der Waals surface area (Å²) in [5, 5.41) is 14.9. The number of rotatable bonds is 3. The molecular formula is C25H22Cl2FN3O4. The normalized spacial score (nSPS) is 14.7. The first-order valence-electron chi connectivity index (χ1n) is 10.7. The molecule has 2 heterocycles. The van der Waals surface area contributed by atoms with E-state index in [1.165, 1.54) is 27.8 Å². The highest BCUT2D eigenvalue weighted by atomic mass is 35.5. The van der Waals surface area contributed by atoms with E-state index < -0.39 is 23.5 Å². The Morgan fingerprint density at radius 3 is 2.40 bits per heavy atom. The molecule has 1 aromatic heterocycles. The number of carboxylic acids is 1. The van der Waals surface area contributed by atoms with Crippen molar-refractivity contribution in [1.29, 1.82) is 0 Å². The summed E-state index contributed by atoms with van der Waals surface area (Å²) in [4.78, 5) is 26.5. The van der Waals surface area contributed by atoms with Crippen molar-refractivity contribution in [3.05, 3.63) is 80.8 Å². The summed E-state index contributed by atoms with van der Waals surface area (Å²) in [6, 6.07) is 10.6. The van der Waals surface area contributed by atoms with Crippen LogP contribution in [-0.4, -0.2) is 44.0 Å². The predicted molar refractivity (Wildman–Crippen MR) is 131 cm³/mol. The lowest BCUT2D eigenvalue weighted by Gasteiger charge is -2.32. The number of benzene rings is 2. The van der Waals surface area contributed by atoms with Crippen LogP contribution in [0, 0.1) is 5.82 Å². The van der Waals surface area contributed by atoms with Crippen LogP contribution in [0.3, 0.4) is 0 Å². The number of hydrogen-bond acceptors (Lipinski definition) is 4. The zero-order valence-electron chi connectivity index (χ0n) is 19.2. The van der Waals surface area contributed by atoms with Crippen molar-refractivity contribution in [2.75, 3.05) is 6.54 Å². The van der Waals surface area contributed by atoms with Gasteiger partial charge in [0.15, 0.2) is 5.69 Å². The highest BCUT2D eigenvalue weighted by Crippen LogP contribution is 2.36. The average Bonchev–Trinajstić information content (AvgIpc) is 3.14. The number of nitrogens with zero attached hydrogens (tertiary/aromatic N) is 3. The van der Waals surface area contributed by atoms with Gasteiger partial charge in [0.25, 0.3) is 0 Å². The molecule has 35 heavy (non-hydrogen) atoms. The molecule has 0 atom stereocenters. The molecule has 2 aromatic carbocycles. The molecule has 0 bridgehead atoms. The van der Waals surface area contributed by atoms with E-state index in [0.717, 1.165) is 0 Å². The third kappa shape index (κ3) is 5.33. The summed E-state index contributed by atoms with van der Waals surface area (Å²) in [5.41, 5.74) is 1.51. The highest BCUT2D eigenvalue weighted by Gasteiger charge is 2.35. The maximum atomic E-state index is 13.5. The molecule has 182 valence electrons. The molecule has 1 amide bonds. The minimum atomic E-state index is -1.25. The van der Waals surface area contributed by atoms with Crippen molar-refractivity contribution < 1.29 is 23.8 Å². The molecule has 0 saturated carbocycles. The first-order chi connectivity index (χ1) is 16.4. The Labute approximate surface area is 211 Å². The van der Waals surface area contributed by atoms with Crippen LogP contribution in [0.4, 0.5) is 9.18 Å². The fourth-order valence-corrected chi connectivity index (χ4v) is 4.27.